The Bertz CT molecular complexity index is 776. The van der Waals surface area contributed by atoms with Gasteiger partial charge in [0.1, 0.15) is 11.6 Å². The van der Waals surface area contributed by atoms with E-state index in [0.717, 1.165) is 24.6 Å². The molecule has 2 aromatic carbocycles. The van der Waals surface area contributed by atoms with Gasteiger partial charge in [-0.1, -0.05) is 25.5 Å². The van der Waals surface area contributed by atoms with Gasteiger partial charge in [0.05, 0.1) is 5.92 Å². The molecule has 0 aromatic heterocycles. The molecular formula is C22H25F3O. The quantitative estimate of drug-likeness (QED) is 0.508. The van der Waals surface area contributed by atoms with E-state index in [4.69, 9.17) is 4.74 Å². The summed E-state index contributed by atoms with van der Waals surface area (Å²) in [5.74, 6) is -0.692. The summed E-state index contributed by atoms with van der Waals surface area (Å²) in [4.78, 5) is 0. The van der Waals surface area contributed by atoms with Crippen molar-refractivity contribution in [3.05, 3.63) is 54.4 Å². The molecule has 0 heterocycles. The van der Waals surface area contributed by atoms with Gasteiger partial charge in [0, 0.05) is 0 Å². The first-order chi connectivity index (χ1) is 12.4. The van der Waals surface area contributed by atoms with Crippen molar-refractivity contribution in [1.82, 2.24) is 0 Å². The molecule has 0 spiro atoms. The summed E-state index contributed by atoms with van der Waals surface area (Å²) in [5.41, 5.74) is 0.651. The van der Waals surface area contributed by atoms with Crippen LogP contribution in [0.1, 0.15) is 44.6 Å². The lowest BCUT2D eigenvalue weighted by molar-refractivity contribution is -0.222. The number of aryl methyl sites for hydroxylation is 1. The van der Waals surface area contributed by atoms with E-state index in [9.17, 15) is 13.2 Å². The molecule has 0 unspecified atom stereocenters. The molecule has 1 fully saturated rings. The van der Waals surface area contributed by atoms with Crippen molar-refractivity contribution >= 4 is 10.8 Å². The lowest BCUT2D eigenvalue weighted by atomic mass is 9.81. The van der Waals surface area contributed by atoms with Crippen molar-refractivity contribution < 1.29 is 17.9 Å². The number of allylic oxidation sites excluding steroid dienone is 1. The van der Waals surface area contributed by atoms with E-state index >= 15 is 0 Å². The summed E-state index contributed by atoms with van der Waals surface area (Å²) < 4.78 is 48.3. The second-order valence-corrected chi connectivity index (χ2v) is 7.21. The summed E-state index contributed by atoms with van der Waals surface area (Å²) >= 11 is 0. The van der Waals surface area contributed by atoms with E-state index < -0.39 is 12.0 Å². The molecule has 4 heteroatoms. The zero-order valence-corrected chi connectivity index (χ0v) is 15.1. The predicted octanol–water partition coefficient (Wildman–Crippen LogP) is 6.90. The predicted molar refractivity (Wildman–Crippen MR) is 99.1 cm³/mol. The van der Waals surface area contributed by atoms with Gasteiger partial charge in [-0.2, -0.15) is 8.78 Å². The Hall–Kier alpha value is -1.97. The fraction of sp³-hybridized carbons (Fsp3) is 0.455. The van der Waals surface area contributed by atoms with Gasteiger partial charge in [0.15, 0.2) is 0 Å². The average molecular weight is 362 g/mol. The van der Waals surface area contributed by atoms with Crippen LogP contribution in [0.25, 0.3) is 10.8 Å². The van der Waals surface area contributed by atoms with E-state index in [1.54, 1.807) is 18.2 Å². The van der Waals surface area contributed by atoms with E-state index in [1.165, 1.54) is 12.1 Å². The van der Waals surface area contributed by atoms with Crippen molar-refractivity contribution in [1.29, 1.82) is 0 Å². The van der Waals surface area contributed by atoms with Crippen LogP contribution in [0.3, 0.4) is 0 Å². The first-order valence-electron chi connectivity index (χ1n) is 9.34. The maximum absolute atomic E-state index is 14.5. The molecule has 1 aliphatic rings. The van der Waals surface area contributed by atoms with Crippen LogP contribution in [0.4, 0.5) is 13.2 Å². The van der Waals surface area contributed by atoms with Crippen molar-refractivity contribution in [3.63, 3.8) is 0 Å². The summed E-state index contributed by atoms with van der Waals surface area (Å²) in [6.07, 6.45) is 2.42. The highest BCUT2D eigenvalue weighted by molar-refractivity contribution is 5.84. The van der Waals surface area contributed by atoms with Gasteiger partial charge in [-0.15, -0.1) is 6.58 Å². The highest BCUT2D eigenvalue weighted by atomic mass is 19.3. The number of halogens is 3. The molecule has 3 rings (SSSR count). The fourth-order valence-electron chi connectivity index (χ4n) is 3.75. The van der Waals surface area contributed by atoms with Gasteiger partial charge in [-0.3, -0.25) is 0 Å². The highest BCUT2D eigenvalue weighted by Crippen LogP contribution is 2.40. The maximum Gasteiger partial charge on any atom is 0.400 e. The molecular weight excluding hydrogens is 337 g/mol. The SMILES string of the molecule is C=CC1CCC(C(F)(F)Oc2ccc3cc(CCC)c(F)cc3c2)CC1. The Balaban J connectivity index is 1.77. The van der Waals surface area contributed by atoms with Crippen molar-refractivity contribution in [3.8, 4) is 5.75 Å². The molecule has 1 nitrogen and oxygen atoms in total. The third kappa shape index (κ3) is 4.05. The number of rotatable bonds is 6. The summed E-state index contributed by atoms with van der Waals surface area (Å²) in [5, 5.41) is 1.41. The second-order valence-electron chi connectivity index (χ2n) is 7.21. The van der Waals surface area contributed by atoms with E-state index in [2.05, 4.69) is 6.58 Å². The number of alkyl halides is 2. The molecule has 1 aliphatic carbocycles. The molecule has 140 valence electrons. The van der Waals surface area contributed by atoms with E-state index in [0.29, 0.717) is 36.1 Å². The first-order valence-corrected chi connectivity index (χ1v) is 9.34. The third-order valence-electron chi connectivity index (χ3n) is 5.33. The van der Waals surface area contributed by atoms with Gasteiger partial charge in [-0.05, 0) is 78.6 Å². The molecule has 2 aromatic rings. The minimum Gasteiger partial charge on any atom is -0.432 e. The normalized spacial score (nSPS) is 20.9. The third-order valence-corrected chi connectivity index (χ3v) is 5.33. The van der Waals surface area contributed by atoms with Crippen LogP contribution in [0.15, 0.2) is 43.0 Å². The fourth-order valence-corrected chi connectivity index (χ4v) is 3.75. The second kappa shape index (κ2) is 7.73. The number of benzene rings is 2. The van der Waals surface area contributed by atoms with Crippen LogP contribution < -0.4 is 4.74 Å². The number of ether oxygens (including phenoxy) is 1. The number of fused-ring (bicyclic) bond motifs is 1. The molecule has 0 saturated heterocycles. The molecule has 0 radical (unpaired) electrons. The molecule has 0 bridgehead atoms. The van der Waals surface area contributed by atoms with Gasteiger partial charge >= 0.3 is 6.11 Å². The molecule has 0 atom stereocenters. The van der Waals surface area contributed by atoms with Crippen LogP contribution in [0.2, 0.25) is 0 Å². The Labute approximate surface area is 152 Å². The summed E-state index contributed by atoms with van der Waals surface area (Å²) in [6, 6.07) is 7.94. The lowest BCUT2D eigenvalue weighted by Gasteiger charge is -2.32. The molecule has 1 saturated carbocycles. The van der Waals surface area contributed by atoms with Crippen LogP contribution in [-0.4, -0.2) is 6.11 Å². The zero-order valence-electron chi connectivity index (χ0n) is 15.1. The minimum absolute atomic E-state index is 0.0796. The van der Waals surface area contributed by atoms with Crippen LogP contribution in [0, 0.1) is 17.7 Å². The zero-order chi connectivity index (χ0) is 18.7. The first kappa shape index (κ1) is 18.8. The Morgan fingerprint density at radius 1 is 1.12 bits per heavy atom. The summed E-state index contributed by atoms with van der Waals surface area (Å²) in [6.45, 7) is 5.73. The largest absolute Gasteiger partial charge is 0.432 e. The van der Waals surface area contributed by atoms with Crippen molar-refractivity contribution in [2.24, 2.45) is 11.8 Å². The van der Waals surface area contributed by atoms with Gasteiger partial charge in [0.25, 0.3) is 0 Å². The number of hydrogen-bond acceptors (Lipinski definition) is 1. The van der Waals surface area contributed by atoms with Gasteiger partial charge in [0.2, 0.25) is 0 Å². The van der Waals surface area contributed by atoms with Gasteiger partial charge in [-0.25, -0.2) is 4.39 Å². The van der Waals surface area contributed by atoms with E-state index in [-0.39, 0.29) is 11.6 Å². The van der Waals surface area contributed by atoms with Crippen molar-refractivity contribution in [2.75, 3.05) is 0 Å². The highest BCUT2D eigenvalue weighted by Gasteiger charge is 2.43. The monoisotopic (exact) mass is 362 g/mol. The number of hydrogen-bond donors (Lipinski definition) is 0. The molecule has 0 N–H and O–H groups in total. The van der Waals surface area contributed by atoms with Gasteiger partial charge < -0.3 is 4.74 Å². The van der Waals surface area contributed by atoms with Crippen LogP contribution >= 0.6 is 0 Å². The topological polar surface area (TPSA) is 9.23 Å². The lowest BCUT2D eigenvalue weighted by Crippen LogP contribution is -2.37. The van der Waals surface area contributed by atoms with Crippen LogP contribution in [-0.2, 0) is 6.42 Å². The van der Waals surface area contributed by atoms with E-state index in [1.807, 2.05) is 13.0 Å². The van der Waals surface area contributed by atoms with Crippen molar-refractivity contribution in [2.45, 2.75) is 51.6 Å². The standard InChI is InChI=1S/C22H25F3O/c1-3-5-17-12-16-8-11-20(13-18(16)14-21(17)23)26-22(24,25)19-9-6-15(4-2)7-10-19/h4,8,11-15,19H,2-3,5-7,9-10H2,1H3. The minimum atomic E-state index is -3.22. The molecule has 26 heavy (non-hydrogen) atoms. The molecule has 0 amide bonds. The maximum atomic E-state index is 14.5. The summed E-state index contributed by atoms with van der Waals surface area (Å²) in [7, 11) is 0. The Morgan fingerprint density at radius 3 is 2.50 bits per heavy atom. The Morgan fingerprint density at radius 2 is 1.85 bits per heavy atom. The average Bonchev–Trinajstić information content (AvgIpc) is 2.62. The molecule has 0 aliphatic heterocycles. The van der Waals surface area contributed by atoms with Crippen LogP contribution in [0.5, 0.6) is 5.75 Å². The Kier molecular flexibility index (Phi) is 5.59. The smallest absolute Gasteiger partial charge is 0.400 e.